The first kappa shape index (κ1) is 58.3. The molecule has 394 valence electrons. The van der Waals surface area contributed by atoms with Crippen LogP contribution in [0, 0.1) is 0 Å². The fourth-order valence-electron chi connectivity index (χ4n) is 8.05. The molecule has 4 amide bonds. The van der Waals surface area contributed by atoms with Crippen molar-refractivity contribution in [3.63, 3.8) is 0 Å². The Kier molecular flexibility index (Phi) is 24.2. The van der Waals surface area contributed by atoms with Gasteiger partial charge in [0.05, 0.1) is 12.1 Å². The van der Waals surface area contributed by atoms with Gasteiger partial charge in [-0.1, -0.05) is 116 Å². The zero-order valence-electron chi connectivity index (χ0n) is 42.3. The number of aliphatic hydroxyl groups is 2. The van der Waals surface area contributed by atoms with Gasteiger partial charge in [0.15, 0.2) is 6.10 Å². The summed E-state index contributed by atoms with van der Waals surface area (Å²) in [5.74, 6) is -3.75. The third-order valence-corrected chi connectivity index (χ3v) is 12.1. The molecule has 0 bridgehead atoms. The predicted molar refractivity (Wildman–Crippen MR) is 286 cm³/mol. The molecule has 6 aromatic carbocycles. The van der Waals surface area contributed by atoms with E-state index in [1.165, 1.54) is 0 Å². The number of benzene rings is 6. The van der Waals surface area contributed by atoms with Gasteiger partial charge >= 0.3 is 192 Å². The molecule has 0 aliphatic rings. The van der Waals surface area contributed by atoms with Crippen molar-refractivity contribution in [3.05, 3.63) is 168 Å². The van der Waals surface area contributed by atoms with Gasteiger partial charge in [0, 0.05) is 0 Å². The summed E-state index contributed by atoms with van der Waals surface area (Å²) in [4.78, 5) is 75.0. The molecule has 0 radical (unpaired) electrons. The summed E-state index contributed by atoms with van der Waals surface area (Å²) in [7, 11) is 0.670. The van der Waals surface area contributed by atoms with Crippen LogP contribution in [0.5, 0.6) is 0 Å². The van der Waals surface area contributed by atoms with Crippen molar-refractivity contribution >= 4 is 64.3 Å². The molecular formula is C57H67BN6O11. The average Bonchev–Trinajstić information content (AvgIpc) is 3.43. The first-order valence-corrected chi connectivity index (χ1v) is 25.1. The Morgan fingerprint density at radius 1 is 0.520 bits per heavy atom. The van der Waals surface area contributed by atoms with Crippen molar-refractivity contribution in [1.82, 2.24) is 26.6 Å². The Morgan fingerprint density at radius 3 is 1.37 bits per heavy atom. The molecule has 18 heteroatoms. The molecule has 17 nitrogen and oxygen atoms in total. The molecule has 9 N–H and O–H groups in total. The first-order valence-electron chi connectivity index (χ1n) is 25.1. The molecule has 0 aliphatic carbocycles. The molecule has 0 heterocycles. The predicted octanol–water partition coefficient (Wildman–Crippen LogP) is 4.07. The van der Waals surface area contributed by atoms with Crippen LogP contribution in [0.3, 0.4) is 0 Å². The van der Waals surface area contributed by atoms with Gasteiger partial charge in [-0.25, -0.2) is 0 Å². The Bertz CT molecular complexity index is 2800. The van der Waals surface area contributed by atoms with E-state index in [0.717, 1.165) is 43.8 Å². The van der Waals surface area contributed by atoms with Gasteiger partial charge in [-0.2, -0.15) is 0 Å². The van der Waals surface area contributed by atoms with Crippen LogP contribution in [-0.2, 0) is 69.0 Å². The van der Waals surface area contributed by atoms with Gasteiger partial charge in [0.25, 0.3) is 5.91 Å². The van der Waals surface area contributed by atoms with Crippen molar-refractivity contribution in [3.8, 4) is 0 Å². The van der Waals surface area contributed by atoms with E-state index in [-0.39, 0.29) is 19.7 Å². The monoisotopic (exact) mass is 1020 g/mol. The quantitative estimate of drug-likeness (QED) is 0.0268. The topological polar surface area (TPSA) is 265 Å². The average molecular weight is 1020 g/mol. The molecule has 0 aliphatic heterocycles. The van der Waals surface area contributed by atoms with E-state index in [4.69, 9.17) is 15.2 Å². The minimum Gasteiger partial charge on any atom is -0.0622 e. The van der Waals surface area contributed by atoms with Gasteiger partial charge in [-0.3, -0.25) is 14.4 Å². The van der Waals surface area contributed by atoms with Crippen molar-refractivity contribution < 1.29 is 53.2 Å². The molecule has 0 saturated carbocycles. The molecule has 6 aromatic rings. The fraction of sp³-hybridized carbons (Fsp3) is 0.333. The van der Waals surface area contributed by atoms with Gasteiger partial charge in [-0.05, 0) is 40.3 Å². The second kappa shape index (κ2) is 31.2. The standard InChI is InChI=1S/C29H34BN3O6.C28H33N3O5/c1-2-8-24(27(35)29(37)31-17-26(34)39-18-20-9-4-3-5-10-20)33-28(36)25(32-19-30-38)16-21-13-14-22-11-6-7-12-23(22)15-21;1-2-8-24(26(33)28(35)30-17-25(32)36-18-19-9-4-3-5-10-19)31-27(34)23(29)16-20-13-14-21-11-6-7-12-22(21)15-20/h3-7,9-15,24-25,27,32,35H,2,8,16-19H2,1H3,(H,31,37)(H,33,36);3-7,9-15,23-24,26,33H,2,8,16-18,29H2,1H3,(H,30,35)(H,31,34)/t24?,25-,27?;23-,24?,26?/m00/s1. The van der Waals surface area contributed by atoms with Crippen LogP contribution in [0.1, 0.15) is 61.8 Å². The first-order chi connectivity index (χ1) is 36.3. The van der Waals surface area contributed by atoms with Crippen LogP contribution in [0.4, 0.5) is 0 Å². The van der Waals surface area contributed by atoms with Crippen LogP contribution in [-0.4, -0.2) is 109 Å². The van der Waals surface area contributed by atoms with Gasteiger partial charge in [0.2, 0.25) is 5.91 Å². The van der Waals surface area contributed by atoms with Crippen molar-refractivity contribution in [2.45, 2.75) is 102 Å². The SMILES string of the molecule is CCCC(NC(=O)[C@@H](N)Cc1ccc2ccccc2c1)C(O)C(=O)NCC(=O)OCc1ccccc1.CCCC(NC(=O)[C@H](Cc1ccc2ccccc2c1)NCB=O)C(O)C(=O)NCC(=O)OCc1ccccc1. The van der Waals surface area contributed by atoms with E-state index >= 15 is 0 Å². The van der Waals surface area contributed by atoms with Gasteiger partial charge in [0.1, 0.15) is 19.8 Å². The van der Waals surface area contributed by atoms with E-state index in [9.17, 15) is 43.7 Å². The van der Waals surface area contributed by atoms with Gasteiger partial charge in [-0.15, -0.1) is 0 Å². The normalized spacial score (nSPS) is 13.2. The number of amides is 4. The molecular weight excluding hydrogens is 955 g/mol. The number of aliphatic hydroxyl groups excluding tert-OH is 2. The number of hydrogen-bond donors (Lipinski definition) is 8. The third-order valence-electron chi connectivity index (χ3n) is 12.1. The maximum absolute atomic E-state index is 13.2. The van der Waals surface area contributed by atoms with Crippen LogP contribution in [0.25, 0.3) is 21.5 Å². The maximum atomic E-state index is 13.2. The summed E-state index contributed by atoms with van der Waals surface area (Å²) < 4.78 is 21.3. The number of nitrogens with one attached hydrogen (secondary N) is 5. The Balaban J connectivity index is 0.000000278. The van der Waals surface area contributed by atoms with Crippen molar-refractivity contribution in [1.29, 1.82) is 0 Å². The van der Waals surface area contributed by atoms with E-state index in [0.29, 0.717) is 45.7 Å². The smallest absolute Gasteiger partial charge is 0.0622 e. The summed E-state index contributed by atoms with van der Waals surface area (Å²) >= 11 is 0. The number of rotatable bonds is 27. The van der Waals surface area contributed by atoms with E-state index in [1.54, 1.807) is 0 Å². The zero-order chi connectivity index (χ0) is 54.0. The zero-order valence-corrected chi connectivity index (χ0v) is 42.3. The number of nitrogens with two attached hydrogens (primary N) is 1. The van der Waals surface area contributed by atoms with Gasteiger partial charge < -0.3 is 26.2 Å². The molecule has 6 rings (SSSR count). The number of esters is 2. The van der Waals surface area contributed by atoms with Crippen LogP contribution >= 0.6 is 0 Å². The van der Waals surface area contributed by atoms with E-state index in [2.05, 4.69) is 26.6 Å². The molecule has 0 spiro atoms. The number of ether oxygens (including phenoxy) is 2. The molecule has 6 atom stereocenters. The summed E-state index contributed by atoms with van der Waals surface area (Å²) in [6, 6.07) is 42.5. The number of hydrogen-bond acceptors (Lipinski definition) is 13. The fourth-order valence-corrected chi connectivity index (χ4v) is 8.05. The second-order valence-electron chi connectivity index (χ2n) is 17.9. The number of carbonyl (C=O) groups excluding carboxylic acids is 6. The van der Waals surface area contributed by atoms with Crippen LogP contribution in [0.2, 0.25) is 0 Å². The minimum atomic E-state index is -1.58. The molecule has 0 aromatic heterocycles. The van der Waals surface area contributed by atoms with E-state index < -0.39 is 85.0 Å². The summed E-state index contributed by atoms with van der Waals surface area (Å²) in [6.45, 7) is 3.08. The molecule has 75 heavy (non-hydrogen) atoms. The Hall–Kier alpha value is -7.64. The number of fused-ring (bicyclic) bond motifs is 2. The van der Waals surface area contributed by atoms with Crippen LogP contribution < -0.4 is 32.3 Å². The minimum absolute atomic E-state index is 0.0295. The van der Waals surface area contributed by atoms with Crippen molar-refractivity contribution in [2.75, 3.05) is 19.5 Å². The second-order valence-corrected chi connectivity index (χ2v) is 17.9. The number of carbonyl (C=O) groups is 6. The summed E-state index contributed by atoms with van der Waals surface area (Å²) in [6.07, 6.45) is -0.634. The Labute approximate surface area is 437 Å². The van der Waals surface area contributed by atoms with Crippen molar-refractivity contribution in [2.24, 2.45) is 5.73 Å². The summed E-state index contributed by atoms with van der Waals surface area (Å²) in [5.41, 5.74) is 9.58. The van der Waals surface area contributed by atoms with E-state index in [1.807, 2.05) is 159 Å². The molecule has 4 unspecified atom stereocenters. The Morgan fingerprint density at radius 2 is 0.933 bits per heavy atom. The molecule has 0 saturated heterocycles. The summed E-state index contributed by atoms with van der Waals surface area (Å²) in [5, 5.41) is 38.6. The third kappa shape index (κ3) is 19.6. The van der Waals surface area contributed by atoms with Crippen LogP contribution in [0.15, 0.2) is 146 Å². The molecule has 0 fully saturated rings.